The highest BCUT2D eigenvalue weighted by Crippen LogP contribution is 2.15. The van der Waals surface area contributed by atoms with Crippen molar-refractivity contribution in [2.45, 2.75) is 13.5 Å². The lowest BCUT2D eigenvalue weighted by Gasteiger charge is -1.98. The van der Waals surface area contributed by atoms with E-state index in [2.05, 4.69) is 10.2 Å². The van der Waals surface area contributed by atoms with E-state index in [1.807, 2.05) is 18.4 Å². The first-order chi connectivity index (χ1) is 6.68. The number of H-pyrrole nitrogens is 2. The third-order valence-electron chi connectivity index (χ3n) is 2.04. The summed E-state index contributed by atoms with van der Waals surface area (Å²) in [7, 11) is 0. The zero-order valence-electron chi connectivity index (χ0n) is 7.53. The van der Waals surface area contributed by atoms with Gasteiger partial charge in [-0.15, -0.1) is 11.3 Å². The Hall–Kier alpha value is -1.14. The van der Waals surface area contributed by atoms with Crippen molar-refractivity contribution in [2.75, 3.05) is 0 Å². The van der Waals surface area contributed by atoms with Crippen LogP contribution in [0, 0.1) is 11.7 Å². The summed E-state index contributed by atoms with van der Waals surface area (Å²) >= 11 is 6.60. The number of hydrogen-bond donors (Lipinski definition) is 2. The fourth-order valence-electron chi connectivity index (χ4n) is 1.19. The number of nitrogens with zero attached hydrogens (tertiary/aromatic N) is 1. The molecule has 0 amide bonds. The van der Waals surface area contributed by atoms with Crippen LogP contribution in [0.15, 0.2) is 16.2 Å². The quantitative estimate of drug-likeness (QED) is 0.766. The second kappa shape index (κ2) is 3.55. The first-order valence-electron chi connectivity index (χ1n) is 4.09. The Balaban J connectivity index is 2.41. The Morgan fingerprint density at radius 2 is 2.36 bits per heavy atom. The van der Waals surface area contributed by atoms with Crippen LogP contribution >= 0.6 is 23.6 Å². The predicted octanol–water partition coefficient (Wildman–Crippen LogP) is 1.65. The molecule has 2 N–H and O–H groups in total. The molecule has 0 aromatic carbocycles. The molecule has 74 valence electrons. The average Bonchev–Trinajstić information content (AvgIpc) is 2.67. The largest absolute Gasteiger partial charge is 0.342 e. The number of aromatic nitrogens is 3. The highest BCUT2D eigenvalue weighted by atomic mass is 32.1. The van der Waals surface area contributed by atoms with Crippen molar-refractivity contribution in [1.82, 2.24) is 14.8 Å². The van der Waals surface area contributed by atoms with Crippen LogP contribution in [0.4, 0.5) is 0 Å². The third kappa shape index (κ3) is 1.58. The molecule has 0 bridgehead atoms. The molecule has 6 heteroatoms. The highest BCUT2D eigenvalue weighted by molar-refractivity contribution is 7.71. The summed E-state index contributed by atoms with van der Waals surface area (Å²) in [5, 5.41) is 7.07. The molecule has 0 saturated carbocycles. The molecule has 2 heterocycles. The van der Waals surface area contributed by atoms with E-state index in [1.54, 1.807) is 11.3 Å². The highest BCUT2D eigenvalue weighted by Gasteiger charge is 2.04. The normalized spacial score (nSPS) is 10.6. The van der Waals surface area contributed by atoms with E-state index < -0.39 is 0 Å². The van der Waals surface area contributed by atoms with Gasteiger partial charge in [0.05, 0.1) is 6.54 Å². The lowest BCUT2D eigenvalue weighted by molar-refractivity contribution is 0.758. The maximum atomic E-state index is 11.3. The van der Waals surface area contributed by atoms with Gasteiger partial charge < -0.3 is 0 Å². The Labute approximate surface area is 89.2 Å². The number of hydrogen-bond acceptors (Lipinski definition) is 3. The van der Waals surface area contributed by atoms with E-state index in [-0.39, 0.29) is 5.69 Å². The number of rotatable bonds is 2. The summed E-state index contributed by atoms with van der Waals surface area (Å²) < 4.78 is 1.94. The van der Waals surface area contributed by atoms with Crippen LogP contribution in [-0.4, -0.2) is 14.8 Å². The Bertz CT molecular complexity index is 518. The van der Waals surface area contributed by atoms with Gasteiger partial charge in [-0.3, -0.25) is 9.67 Å². The minimum atomic E-state index is -0.192. The van der Waals surface area contributed by atoms with E-state index in [0.29, 0.717) is 11.3 Å². The van der Waals surface area contributed by atoms with Crippen LogP contribution in [-0.2, 0) is 6.54 Å². The molecule has 0 unspecified atom stereocenters. The predicted molar refractivity (Wildman–Crippen MR) is 58.4 cm³/mol. The maximum Gasteiger partial charge on any atom is 0.342 e. The van der Waals surface area contributed by atoms with Crippen molar-refractivity contribution in [3.63, 3.8) is 0 Å². The van der Waals surface area contributed by atoms with Gasteiger partial charge in [0.25, 0.3) is 0 Å². The fourth-order valence-corrected chi connectivity index (χ4v) is 2.28. The molecule has 0 fully saturated rings. The molecule has 0 saturated heterocycles. The van der Waals surface area contributed by atoms with Crippen molar-refractivity contribution in [2.24, 2.45) is 0 Å². The topological polar surface area (TPSA) is 53.6 Å². The maximum absolute atomic E-state index is 11.3. The van der Waals surface area contributed by atoms with E-state index >= 15 is 0 Å². The average molecular weight is 227 g/mol. The molecule has 2 aromatic rings. The molecular formula is C8H9N3OS2. The molecule has 2 rings (SSSR count). The number of aromatic amines is 2. The summed E-state index contributed by atoms with van der Waals surface area (Å²) in [5.41, 5.74) is 1.00. The standard InChI is InChI=1S/C8H9N3OS2/c1-5-2-3-14-6(5)4-11-7(12)9-10-8(11)13/h2-3H,4H2,1H3,(H,9,12)(H,10,13). The van der Waals surface area contributed by atoms with Crippen LogP contribution in [0.5, 0.6) is 0 Å². The Kier molecular flexibility index (Phi) is 2.39. The van der Waals surface area contributed by atoms with E-state index in [0.717, 1.165) is 4.88 Å². The molecular weight excluding hydrogens is 218 g/mol. The first kappa shape index (κ1) is 9.42. The minimum absolute atomic E-state index is 0.192. The van der Waals surface area contributed by atoms with Crippen LogP contribution in [0.3, 0.4) is 0 Å². The lowest BCUT2D eigenvalue weighted by Crippen LogP contribution is -2.17. The number of nitrogens with one attached hydrogen (secondary N) is 2. The van der Waals surface area contributed by atoms with Crippen molar-refractivity contribution in [1.29, 1.82) is 0 Å². The molecule has 0 aliphatic rings. The fraction of sp³-hybridized carbons (Fsp3) is 0.250. The zero-order valence-corrected chi connectivity index (χ0v) is 9.17. The molecule has 0 spiro atoms. The van der Waals surface area contributed by atoms with E-state index in [4.69, 9.17) is 12.2 Å². The van der Waals surface area contributed by atoms with Gasteiger partial charge in [0.1, 0.15) is 0 Å². The van der Waals surface area contributed by atoms with Gasteiger partial charge in [0.2, 0.25) is 0 Å². The lowest BCUT2D eigenvalue weighted by atomic mass is 10.3. The van der Waals surface area contributed by atoms with Gasteiger partial charge >= 0.3 is 5.69 Å². The second-order valence-corrected chi connectivity index (χ2v) is 4.36. The smallest absolute Gasteiger partial charge is 0.272 e. The minimum Gasteiger partial charge on any atom is -0.272 e. The van der Waals surface area contributed by atoms with Crippen LogP contribution in [0.2, 0.25) is 0 Å². The summed E-state index contributed by atoms with van der Waals surface area (Å²) in [5.74, 6) is 0. The molecule has 14 heavy (non-hydrogen) atoms. The van der Waals surface area contributed by atoms with Crippen molar-refractivity contribution in [3.8, 4) is 0 Å². The van der Waals surface area contributed by atoms with Crippen LogP contribution in [0.1, 0.15) is 10.4 Å². The number of aryl methyl sites for hydroxylation is 1. The summed E-state index contributed by atoms with van der Waals surface area (Å²) in [4.78, 5) is 12.5. The summed E-state index contributed by atoms with van der Waals surface area (Å²) in [6.45, 7) is 2.57. The molecule has 0 atom stereocenters. The second-order valence-electron chi connectivity index (χ2n) is 2.97. The molecule has 2 aromatic heterocycles. The molecule has 4 nitrogen and oxygen atoms in total. The monoisotopic (exact) mass is 227 g/mol. The molecule has 0 radical (unpaired) electrons. The van der Waals surface area contributed by atoms with Gasteiger partial charge in [-0.1, -0.05) is 0 Å². The SMILES string of the molecule is Cc1ccsc1Cn1c(=O)[nH][nH]c1=S. The third-order valence-corrected chi connectivity index (χ3v) is 3.37. The zero-order chi connectivity index (χ0) is 10.1. The van der Waals surface area contributed by atoms with E-state index in [1.165, 1.54) is 10.1 Å². The molecule has 0 aliphatic carbocycles. The van der Waals surface area contributed by atoms with Gasteiger partial charge in [-0.05, 0) is 36.2 Å². The summed E-state index contributed by atoms with van der Waals surface area (Å²) in [6.07, 6.45) is 0. The van der Waals surface area contributed by atoms with Gasteiger partial charge in [-0.2, -0.15) is 0 Å². The summed E-state index contributed by atoms with van der Waals surface area (Å²) in [6, 6.07) is 2.03. The van der Waals surface area contributed by atoms with E-state index in [9.17, 15) is 4.79 Å². The van der Waals surface area contributed by atoms with Crippen molar-refractivity contribution < 1.29 is 0 Å². The van der Waals surface area contributed by atoms with Crippen LogP contribution in [0.25, 0.3) is 0 Å². The van der Waals surface area contributed by atoms with Crippen molar-refractivity contribution in [3.05, 3.63) is 37.1 Å². The van der Waals surface area contributed by atoms with Gasteiger partial charge in [0, 0.05) is 4.88 Å². The Morgan fingerprint density at radius 3 is 2.86 bits per heavy atom. The van der Waals surface area contributed by atoms with Gasteiger partial charge in [0.15, 0.2) is 4.77 Å². The Morgan fingerprint density at radius 1 is 1.57 bits per heavy atom. The van der Waals surface area contributed by atoms with Crippen LogP contribution < -0.4 is 5.69 Å². The van der Waals surface area contributed by atoms with Crippen molar-refractivity contribution >= 4 is 23.6 Å². The number of thiophene rings is 1. The van der Waals surface area contributed by atoms with Gasteiger partial charge in [-0.25, -0.2) is 9.89 Å². The molecule has 0 aliphatic heterocycles. The first-order valence-corrected chi connectivity index (χ1v) is 5.37.